The first-order chi connectivity index (χ1) is 6.18. The van der Waals surface area contributed by atoms with Gasteiger partial charge in [-0.05, 0) is 24.5 Å². The minimum atomic E-state index is -0.481. The number of aromatic hydroxyl groups is 1. The van der Waals surface area contributed by atoms with Crippen LogP contribution < -0.4 is 0 Å². The van der Waals surface area contributed by atoms with Crippen molar-refractivity contribution in [2.75, 3.05) is 0 Å². The highest BCUT2D eigenvalue weighted by atomic mass is 19.1. The number of hydrogen-bond donors (Lipinski definition) is 1. The Labute approximate surface area is 75.0 Å². The molecule has 0 saturated carbocycles. The van der Waals surface area contributed by atoms with Gasteiger partial charge < -0.3 is 5.11 Å². The molecule has 0 aromatic heterocycles. The molecule has 0 bridgehead atoms. The maximum Gasteiger partial charge on any atom is 0.166 e. The molecule has 2 nitrogen and oxygen atoms in total. The van der Waals surface area contributed by atoms with Gasteiger partial charge in [-0.3, -0.25) is 4.79 Å². The zero-order valence-corrected chi connectivity index (χ0v) is 7.01. The van der Waals surface area contributed by atoms with E-state index < -0.39 is 5.82 Å². The van der Waals surface area contributed by atoms with Crippen molar-refractivity contribution in [3.63, 3.8) is 0 Å². The van der Waals surface area contributed by atoms with Crippen molar-refractivity contribution in [3.05, 3.63) is 29.1 Å². The van der Waals surface area contributed by atoms with Crippen molar-refractivity contribution in [2.24, 2.45) is 0 Å². The molecule has 1 N–H and O–H groups in total. The molecule has 0 saturated heterocycles. The maximum absolute atomic E-state index is 12.8. The van der Waals surface area contributed by atoms with Gasteiger partial charge in [0.15, 0.2) is 5.78 Å². The van der Waals surface area contributed by atoms with Crippen LogP contribution >= 0.6 is 0 Å². The number of hydrogen-bond acceptors (Lipinski definition) is 2. The Kier molecular flexibility index (Phi) is 1.79. The summed E-state index contributed by atoms with van der Waals surface area (Å²) in [6, 6.07) is 2.31. The molecule has 0 amide bonds. The van der Waals surface area contributed by atoms with Crippen LogP contribution in [-0.4, -0.2) is 10.9 Å². The first-order valence-electron chi connectivity index (χ1n) is 4.23. The molecule has 13 heavy (non-hydrogen) atoms. The second-order valence-electron chi connectivity index (χ2n) is 3.24. The van der Waals surface area contributed by atoms with Gasteiger partial charge in [-0.15, -0.1) is 0 Å². The molecule has 0 spiro atoms. The Morgan fingerprint density at radius 2 is 2.08 bits per heavy atom. The van der Waals surface area contributed by atoms with E-state index in [4.69, 9.17) is 0 Å². The van der Waals surface area contributed by atoms with Gasteiger partial charge in [0.1, 0.15) is 11.6 Å². The highest BCUT2D eigenvalue weighted by molar-refractivity contribution is 6.00. The first-order valence-corrected chi connectivity index (χ1v) is 4.23. The van der Waals surface area contributed by atoms with E-state index >= 15 is 0 Å². The largest absolute Gasteiger partial charge is 0.507 e. The summed E-state index contributed by atoms with van der Waals surface area (Å²) in [5.41, 5.74) is 0.946. The third-order valence-electron chi connectivity index (χ3n) is 2.29. The molecule has 1 aliphatic carbocycles. The number of fused-ring (bicyclic) bond motifs is 1. The van der Waals surface area contributed by atoms with Crippen LogP contribution in [0, 0.1) is 5.82 Å². The normalized spacial score (nSPS) is 15.6. The number of aryl methyl sites for hydroxylation is 1. The summed E-state index contributed by atoms with van der Waals surface area (Å²) in [5, 5.41) is 9.35. The number of benzene rings is 1. The highest BCUT2D eigenvalue weighted by Gasteiger charge is 2.21. The third-order valence-corrected chi connectivity index (χ3v) is 2.29. The molecular formula is C10H9FO2. The summed E-state index contributed by atoms with van der Waals surface area (Å²) in [6.07, 6.45) is 1.87. The van der Waals surface area contributed by atoms with Crippen LogP contribution in [0.4, 0.5) is 4.39 Å². The van der Waals surface area contributed by atoms with Gasteiger partial charge in [0, 0.05) is 12.5 Å². The van der Waals surface area contributed by atoms with Crippen molar-refractivity contribution in [3.8, 4) is 5.75 Å². The standard InChI is InChI=1S/C10H9FO2/c11-7-4-6-2-1-3-8(12)10(6)9(13)5-7/h4-5,13H,1-3H2. The average molecular weight is 180 g/mol. The summed E-state index contributed by atoms with van der Waals surface area (Å²) in [7, 11) is 0. The lowest BCUT2D eigenvalue weighted by atomic mass is 9.90. The molecule has 0 fully saturated rings. The van der Waals surface area contributed by atoms with Crippen LogP contribution in [0.2, 0.25) is 0 Å². The van der Waals surface area contributed by atoms with Crippen molar-refractivity contribution < 1.29 is 14.3 Å². The maximum atomic E-state index is 12.8. The lowest BCUT2D eigenvalue weighted by Crippen LogP contribution is -2.11. The fourth-order valence-electron chi connectivity index (χ4n) is 1.73. The van der Waals surface area contributed by atoms with Gasteiger partial charge in [0.05, 0.1) is 5.56 Å². The first kappa shape index (κ1) is 8.23. The van der Waals surface area contributed by atoms with Gasteiger partial charge in [-0.2, -0.15) is 0 Å². The van der Waals surface area contributed by atoms with Crippen molar-refractivity contribution >= 4 is 5.78 Å². The minimum Gasteiger partial charge on any atom is -0.507 e. The number of halogens is 1. The number of carbonyl (C=O) groups excluding carboxylic acids is 1. The van der Waals surface area contributed by atoms with E-state index in [1.165, 1.54) is 6.07 Å². The Hall–Kier alpha value is -1.38. The molecule has 0 unspecified atom stereocenters. The number of ketones is 1. The highest BCUT2D eigenvalue weighted by Crippen LogP contribution is 2.29. The quantitative estimate of drug-likeness (QED) is 0.663. The van der Waals surface area contributed by atoms with Crippen molar-refractivity contribution in [1.82, 2.24) is 0 Å². The predicted octanol–water partition coefficient (Wildman–Crippen LogP) is 2.05. The van der Waals surface area contributed by atoms with Gasteiger partial charge in [0.25, 0.3) is 0 Å². The van der Waals surface area contributed by atoms with Crippen LogP contribution in [0.15, 0.2) is 12.1 Å². The van der Waals surface area contributed by atoms with Crippen LogP contribution in [0.25, 0.3) is 0 Å². The molecule has 1 aliphatic rings. The molecule has 0 radical (unpaired) electrons. The van der Waals surface area contributed by atoms with Crippen LogP contribution in [0.3, 0.4) is 0 Å². The molecule has 1 aromatic rings. The van der Waals surface area contributed by atoms with E-state index in [0.29, 0.717) is 24.0 Å². The summed E-state index contributed by atoms with van der Waals surface area (Å²) in [5.74, 6) is -0.788. The molecule has 0 atom stereocenters. The zero-order chi connectivity index (χ0) is 9.42. The molecule has 1 aromatic carbocycles. The second kappa shape index (κ2) is 2.83. The molecule has 0 heterocycles. The molecule has 2 rings (SSSR count). The topological polar surface area (TPSA) is 37.3 Å². The van der Waals surface area contributed by atoms with E-state index in [2.05, 4.69) is 0 Å². The monoisotopic (exact) mass is 180 g/mol. The number of phenolic OH excluding ortho intramolecular Hbond substituents is 1. The molecule has 3 heteroatoms. The Balaban J connectivity index is 2.63. The SMILES string of the molecule is O=C1CCCc2cc(F)cc(O)c21. The average Bonchev–Trinajstić information content (AvgIpc) is 2.02. The number of Topliss-reactive ketones (excluding diaryl/α,β-unsaturated/α-hetero) is 1. The zero-order valence-electron chi connectivity index (χ0n) is 7.01. The van der Waals surface area contributed by atoms with Crippen LogP contribution in [0.1, 0.15) is 28.8 Å². The van der Waals surface area contributed by atoms with Crippen molar-refractivity contribution in [1.29, 1.82) is 0 Å². The smallest absolute Gasteiger partial charge is 0.166 e. The fraction of sp³-hybridized carbons (Fsp3) is 0.300. The summed E-state index contributed by atoms with van der Waals surface area (Å²) in [4.78, 5) is 11.3. The lowest BCUT2D eigenvalue weighted by molar-refractivity contribution is 0.0969. The van der Waals surface area contributed by atoms with E-state index in [1.54, 1.807) is 0 Å². The van der Waals surface area contributed by atoms with E-state index in [9.17, 15) is 14.3 Å². The number of rotatable bonds is 0. The van der Waals surface area contributed by atoms with Gasteiger partial charge in [-0.1, -0.05) is 0 Å². The van der Waals surface area contributed by atoms with Gasteiger partial charge in [-0.25, -0.2) is 4.39 Å². The summed E-state index contributed by atoms with van der Waals surface area (Å²) in [6.45, 7) is 0. The Morgan fingerprint density at radius 3 is 2.85 bits per heavy atom. The van der Waals surface area contributed by atoms with Gasteiger partial charge in [0.2, 0.25) is 0 Å². The summed E-state index contributed by atoms with van der Waals surface area (Å²) >= 11 is 0. The van der Waals surface area contributed by atoms with Crippen molar-refractivity contribution in [2.45, 2.75) is 19.3 Å². The summed E-state index contributed by atoms with van der Waals surface area (Å²) < 4.78 is 12.8. The van der Waals surface area contributed by atoms with E-state index in [-0.39, 0.29) is 11.5 Å². The molecular weight excluding hydrogens is 171 g/mol. The molecule has 0 aliphatic heterocycles. The predicted molar refractivity (Wildman–Crippen MR) is 45.3 cm³/mol. The lowest BCUT2D eigenvalue weighted by Gasteiger charge is -2.15. The van der Waals surface area contributed by atoms with Gasteiger partial charge >= 0.3 is 0 Å². The number of phenols is 1. The minimum absolute atomic E-state index is 0.0845. The van der Waals surface area contributed by atoms with E-state index in [1.807, 2.05) is 0 Å². The molecule has 68 valence electrons. The Bertz CT molecular complexity index is 371. The Morgan fingerprint density at radius 1 is 1.31 bits per heavy atom. The second-order valence-corrected chi connectivity index (χ2v) is 3.24. The van der Waals surface area contributed by atoms with E-state index in [0.717, 1.165) is 12.5 Å². The van der Waals surface area contributed by atoms with Crippen LogP contribution in [-0.2, 0) is 6.42 Å². The number of carbonyl (C=O) groups is 1. The third kappa shape index (κ3) is 1.30. The van der Waals surface area contributed by atoms with Crippen LogP contribution in [0.5, 0.6) is 5.75 Å². The fourth-order valence-corrected chi connectivity index (χ4v) is 1.73.